The van der Waals surface area contributed by atoms with Gasteiger partial charge in [0.2, 0.25) is 5.43 Å². The fraction of sp³-hybridized carbons (Fsp3) is 0.409. The minimum atomic E-state index is -0.895. The van der Waals surface area contributed by atoms with Gasteiger partial charge >= 0.3 is 0 Å². The molecule has 2 aromatic rings. The number of aromatic hydroxyl groups is 1. The number of aryl methyl sites for hydroxylation is 1. The fourth-order valence-electron chi connectivity index (χ4n) is 4.33. The molecule has 9 heteroatoms. The highest BCUT2D eigenvalue weighted by atomic mass is 35.5. The van der Waals surface area contributed by atoms with Gasteiger partial charge in [0.15, 0.2) is 17.2 Å². The smallest absolute Gasteiger partial charge is 0.277 e. The van der Waals surface area contributed by atoms with Crippen molar-refractivity contribution in [3.05, 3.63) is 62.3 Å². The molecule has 2 atom stereocenters. The van der Waals surface area contributed by atoms with Gasteiger partial charge in [0.1, 0.15) is 12.0 Å². The number of hydrogen-bond donors (Lipinski definition) is 1. The fourth-order valence-corrected chi connectivity index (χ4v) is 4.52. The van der Waals surface area contributed by atoms with Crippen LogP contribution in [-0.4, -0.2) is 46.1 Å². The quantitative estimate of drug-likeness (QED) is 0.729. The van der Waals surface area contributed by atoms with E-state index in [0.717, 1.165) is 12.8 Å². The molecule has 2 aliphatic heterocycles. The normalized spacial score (nSPS) is 20.5. The maximum Gasteiger partial charge on any atom is 0.277 e. The Morgan fingerprint density at radius 1 is 1.32 bits per heavy atom. The predicted octanol–water partition coefficient (Wildman–Crippen LogP) is 2.94. The zero-order valence-electron chi connectivity index (χ0n) is 17.3. The third-order valence-electron chi connectivity index (χ3n) is 6.17. The van der Waals surface area contributed by atoms with Crippen molar-refractivity contribution in [1.82, 2.24) is 9.58 Å². The number of carbonyl (C=O) groups is 2. The molecule has 164 valence electrons. The summed E-state index contributed by atoms with van der Waals surface area (Å²) in [6, 6.07) is 4.53. The number of nitrogens with zero attached hydrogens (tertiary/aromatic N) is 3. The zero-order chi connectivity index (χ0) is 22.4. The second-order valence-electron chi connectivity index (χ2n) is 8.24. The molecule has 4 rings (SSSR count). The van der Waals surface area contributed by atoms with Crippen molar-refractivity contribution in [2.75, 3.05) is 18.6 Å². The van der Waals surface area contributed by atoms with Crippen LogP contribution in [0.5, 0.6) is 5.75 Å². The van der Waals surface area contributed by atoms with Gasteiger partial charge in [0.25, 0.3) is 5.91 Å². The van der Waals surface area contributed by atoms with E-state index >= 15 is 0 Å². The number of aromatic nitrogens is 1. The summed E-state index contributed by atoms with van der Waals surface area (Å²) in [5.74, 6) is -1.93. The Hall–Kier alpha value is -2.87. The minimum Gasteiger partial charge on any atom is -0.502 e. The molecular weight excluding hydrogens is 425 g/mol. The van der Waals surface area contributed by atoms with Crippen molar-refractivity contribution in [3.8, 4) is 5.75 Å². The summed E-state index contributed by atoms with van der Waals surface area (Å²) >= 11 is 5.78. The molecule has 1 N–H and O–H groups in total. The van der Waals surface area contributed by atoms with E-state index in [9.17, 15) is 23.9 Å². The molecule has 7 nitrogen and oxygen atoms in total. The van der Waals surface area contributed by atoms with E-state index in [1.165, 1.54) is 27.9 Å². The van der Waals surface area contributed by atoms with Gasteiger partial charge in [-0.15, -0.1) is 0 Å². The molecule has 0 saturated carbocycles. The number of carbonyl (C=O) groups excluding carboxylic acids is 2. The van der Waals surface area contributed by atoms with Gasteiger partial charge in [-0.25, -0.2) is 4.39 Å². The molecule has 1 amide bonds. The molecule has 0 spiro atoms. The van der Waals surface area contributed by atoms with Crippen molar-refractivity contribution in [1.29, 1.82) is 0 Å². The summed E-state index contributed by atoms with van der Waals surface area (Å²) < 4.78 is 15.6. The van der Waals surface area contributed by atoms with Gasteiger partial charge in [-0.2, -0.15) is 0 Å². The Balaban J connectivity index is 1.69. The first-order valence-corrected chi connectivity index (χ1v) is 10.6. The van der Waals surface area contributed by atoms with Crippen molar-refractivity contribution < 1.29 is 19.1 Å². The first-order valence-electron chi connectivity index (χ1n) is 10.2. The predicted molar refractivity (Wildman–Crippen MR) is 114 cm³/mol. The molecule has 1 aromatic carbocycles. The van der Waals surface area contributed by atoms with Crippen LogP contribution >= 0.6 is 11.6 Å². The second kappa shape index (κ2) is 8.00. The Kier molecular flexibility index (Phi) is 5.51. The van der Waals surface area contributed by atoms with Crippen molar-refractivity contribution >= 4 is 23.3 Å². The highest BCUT2D eigenvalue weighted by Crippen LogP contribution is 2.31. The van der Waals surface area contributed by atoms with E-state index in [0.29, 0.717) is 12.5 Å². The van der Waals surface area contributed by atoms with Crippen molar-refractivity contribution in [3.63, 3.8) is 0 Å². The Bertz CT molecular complexity index is 1130. The van der Waals surface area contributed by atoms with Crippen LogP contribution in [0.3, 0.4) is 0 Å². The summed E-state index contributed by atoms with van der Waals surface area (Å²) in [6.07, 6.45) is 2.64. The van der Waals surface area contributed by atoms with Crippen LogP contribution in [0.4, 0.5) is 4.39 Å². The van der Waals surface area contributed by atoms with E-state index in [4.69, 9.17) is 11.6 Å². The van der Waals surface area contributed by atoms with Crippen LogP contribution in [0.1, 0.15) is 52.6 Å². The average Bonchev–Trinajstić information content (AvgIpc) is 2.74. The zero-order valence-corrected chi connectivity index (χ0v) is 18.0. The van der Waals surface area contributed by atoms with Gasteiger partial charge in [-0.3, -0.25) is 24.1 Å². The molecule has 1 fully saturated rings. The Morgan fingerprint density at radius 3 is 2.81 bits per heavy atom. The first kappa shape index (κ1) is 21.4. The van der Waals surface area contributed by atoms with Crippen LogP contribution in [0.2, 0.25) is 5.02 Å². The maximum atomic E-state index is 14.1. The number of fused-ring (bicyclic) bond motifs is 3. The third-order valence-corrected chi connectivity index (χ3v) is 6.46. The summed E-state index contributed by atoms with van der Waals surface area (Å²) in [5, 5.41) is 12.4. The molecule has 31 heavy (non-hydrogen) atoms. The van der Waals surface area contributed by atoms with Gasteiger partial charge < -0.3 is 10.0 Å². The van der Waals surface area contributed by atoms with Crippen LogP contribution in [0, 0.1) is 11.7 Å². The minimum absolute atomic E-state index is 0.0376. The number of Topliss-reactive ketones (excluding diaryl/α,β-unsaturated/α-hetero) is 1. The van der Waals surface area contributed by atoms with Crippen LogP contribution < -0.4 is 10.4 Å². The van der Waals surface area contributed by atoms with Gasteiger partial charge in [-0.05, 0) is 36.8 Å². The number of benzene rings is 1. The molecular formula is C22H23ClFN3O4. The lowest BCUT2D eigenvalue weighted by atomic mass is 9.95. The van der Waals surface area contributed by atoms with E-state index in [-0.39, 0.29) is 40.9 Å². The number of pyridine rings is 1. The number of amides is 1. The summed E-state index contributed by atoms with van der Waals surface area (Å²) in [4.78, 5) is 39.9. The molecule has 0 unspecified atom stereocenters. The summed E-state index contributed by atoms with van der Waals surface area (Å²) in [5.41, 5.74) is -0.993. The highest BCUT2D eigenvalue weighted by molar-refractivity contribution is 6.30. The van der Waals surface area contributed by atoms with Gasteiger partial charge in [-0.1, -0.05) is 30.7 Å². The maximum absolute atomic E-state index is 14.1. The average molecular weight is 448 g/mol. The topological polar surface area (TPSA) is 82.8 Å². The van der Waals surface area contributed by atoms with Crippen LogP contribution in [0.15, 0.2) is 29.2 Å². The lowest BCUT2D eigenvalue weighted by Crippen LogP contribution is -2.62. The first-order chi connectivity index (χ1) is 14.7. The number of rotatable bonds is 4. The monoisotopic (exact) mass is 447 g/mol. The lowest BCUT2D eigenvalue weighted by molar-refractivity contribution is 0.0557. The largest absolute Gasteiger partial charge is 0.502 e. The van der Waals surface area contributed by atoms with Crippen LogP contribution in [0.25, 0.3) is 0 Å². The summed E-state index contributed by atoms with van der Waals surface area (Å²) in [6.45, 7) is 2.72. The van der Waals surface area contributed by atoms with Crippen LogP contribution in [-0.2, 0) is 6.42 Å². The molecule has 0 bridgehead atoms. The number of hydrogen-bond acceptors (Lipinski definition) is 5. The molecule has 1 aromatic heterocycles. The van der Waals surface area contributed by atoms with E-state index in [1.54, 1.807) is 13.1 Å². The Labute approximate surface area is 183 Å². The second-order valence-corrected chi connectivity index (χ2v) is 8.65. The lowest BCUT2D eigenvalue weighted by Gasteiger charge is -2.49. The van der Waals surface area contributed by atoms with E-state index in [2.05, 4.69) is 6.92 Å². The highest BCUT2D eigenvalue weighted by Gasteiger charge is 2.41. The van der Waals surface area contributed by atoms with Crippen molar-refractivity contribution in [2.24, 2.45) is 5.92 Å². The van der Waals surface area contributed by atoms with E-state index < -0.39 is 28.7 Å². The Morgan fingerprint density at radius 2 is 2.06 bits per heavy atom. The molecule has 3 heterocycles. The number of ketones is 1. The SMILES string of the molecule is C[C@@H]1CCN2[C@@H](C1)N(C)C(=O)c1c(O)c(=O)c(C(=O)CCc3cccc(Cl)c3F)cn12. The third kappa shape index (κ3) is 3.59. The standard InChI is InChI=1S/C22H23ClFN3O4/c1-12-8-9-26-17(10-12)25(2)22(31)19-21(30)20(29)14(11-27(19)26)16(28)7-6-13-4-3-5-15(23)18(13)24/h3-5,11-12,17,30H,6-10H2,1-2H3/t12-,17+/m1/s1. The molecule has 0 radical (unpaired) electrons. The molecule has 1 saturated heterocycles. The molecule has 0 aliphatic carbocycles. The molecule has 2 aliphatic rings. The van der Waals surface area contributed by atoms with Gasteiger partial charge in [0.05, 0.1) is 10.6 Å². The van der Waals surface area contributed by atoms with Crippen molar-refractivity contribution in [2.45, 2.75) is 38.8 Å². The van der Waals surface area contributed by atoms with Gasteiger partial charge in [0, 0.05) is 26.2 Å². The summed E-state index contributed by atoms with van der Waals surface area (Å²) in [7, 11) is 1.64. The number of halogens is 2. The number of piperidine rings is 1. The van der Waals surface area contributed by atoms with E-state index in [1.807, 2.05) is 5.01 Å².